The molecule has 0 aliphatic heterocycles. The number of aliphatic hydroxyl groups is 1. The number of aliphatic hydroxyl groups excluding tert-OH is 1. The summed E-state index contributed by atoms with van der Waals surface area (Å²) in [5, 5.41) is 29.5. The van der Waals surface area contributed by atoms with Crippen molar-refractivity contribution in [2.75, 3.05) is 26.3 Å². The van der Waals surface area contributed by atoms with Crippen LogP contribution in [0.2, 0.25) is 0 Å². The van der Waals surface area contributed by atoms with Crippen LogP contribution in [-0.2, 0) is 27.4 Å². The van der Waals surface area contributed by atoms with E-state index in [2.05, 4.69) is 17.4 Å². The summed E-state index contributed by atoms with van der Waals surface area (Å²) >= 11 is 0. The molecule has 0 amide bonds. The van der Waals surface area contributed by atoms with Gasteiger partial charge in [0.25, 0.3) is 0 Å². The highest BCUT2D eigenvalue weighted by atomic mass is 16.5. The van der Waals surface area contributed by atoms with Crippen molar-refractivity contribution < 1.29 is 44.5 Å². The molecule has 0 aliphatic carbocycles. The van der Waals surface area contributed by atoms with Crippen LogP contribution in [0.25, 0.3) is 0 Å². The van der Waals surface area contributed by atoms with Crippen LogP contribution in [0.1, 0.15) is 41.8 Å². The van der Waals surface area contributed by atoms with E-state index in [1.807, 2.05) is 31.2 Å². The first-order valence-electron chi connectivity index (χ1n) is 11.7. The lowest BCUT2D eigenvalue weighted by Gasteiger charge is -2.15. The Morgan fingerprint density at radius 3 is 2.42 bits per heavy atom. The van der Waals surface area contributed by atoms with Crippen LogP contribution in [-0.4, -0.2) is 60.3 Å². The number of carboxylic acids is 2. The smallest absolute Gasteiger partial charge is 0.328 e. The van der Waals surface area contributed by atoms with E-state index >= 15 is 0 Å². The molecule has 0 aliphatic rings. The van der Waals surface area contributed by atoms with Crippen LogP contribution in [0.4, 0.5) is 0 Å². The van der Waals surface area contributed by atoms with Crippen molar-refractivity contribution in [1.82, 2.24) is 0 Å². The Balaban J connectivity index is 0.000000697. The summed E-state index contributed by atoms with van der Waals surface area (Å²) in [5.41, 5.74) is 2.77. The van der Waals surface area contributed by atoms with Crippen molar-refractivity contribution >= 4 is 17.7 Å². The molecule has 1 atom stereocenters. The standard InChI is InChI=1S/C23H31NO4.C4H4O4/c1-3-13-27-16-21-14-20(18(2)25)9-10-23(21)28-17-22(26)15-24-12-11-19-7-5-4-6-8-19;5-3(6)1-2-4(7)8/h4-10,14,22,24,26H,3,11-13,15-17H2,1-2H3;1-2H,(H,5,6)(H,7,8)/b;2-1+. The molecule has 2 aromatic rings. The SMILES string of the molecule is CCCOCc1cc(C(C)=O)ccc1OCC(O)C[NH2+]CCc1ccccc1.O=C([O-])/C=C/C(=O)O. The number of hydrogen-bond donors (Lipinski definition) is 3. The zero-order valence-electron chi connectivity index (χ0n) is 20.7. The molecule has 0 saturated carbocycles. The fourth-order valence-electron chi connectivity index (χ4n) is 3.00. The summed E-state index contributed by atoms with van der Waals surface area (Å²) in [5.74, 6) is -2.14. The molecule has 196 valence electrons. The maximum atomic E-state index is 11.6. The number of hydrogen-bond acceptors (Lipinski definition) is 7. The lowest BCUT2D eigenvalue weighted by Crippen LogP contribution is -2.87. The molecular formula is C27H35NO8. The third-order valence-corrected chi connectivity index (χ3v) is 4.78. The Hall–Kier alpha value is -3.53. The zero-order valence-corrected chi connectivity index (χ0v) is 20.7. The summed E-state index contributed by atoms with van der Waals surface area (Å²) in [6, 6.07) is 15.7. The van der Waals surface area contributed by atoms with E-state index < -0.39 is 18.0 Å². The van der Waals surface area contributed by atoms with E-state index in [1.54, 1.807) is 19.1 Å². The van der Waals surface area contributed by atoms with Gasteiger partial charge in [-0.2, -0.15) is 0 Å². The number of carbonyl (C=O) groups excluding carboxylic acids is 2. The van der Waals surface area contributed by atoms with Gasteiger partial charge in [0.1, 0.15) is 25.0 Å². The first kappa shape index (κ1) is 30.5. The number of carbonyl (C=O) groups is 3. The van der Waals surface area contributed by atoms with Gasteiger partial charge in [0, 0.05) is 30.2 Å². The highest BCUT2D eigenvalue weighted by Crippen LogP contribution is 2.22. The van der Waals surface area contributed by atoms with Gasteiger partial charge in [-0.1, -0.05) is 37.3 Å². The molecule has 0 spiro atoms. The summed E-state index contributed by atoms with van der Waals surface area (Å²) in [7, 11) is 0. The van der Waals surface area contributed by atoms with Gasteiger partial charge in [-0.3, -0.25) is 4.79 Å². The van der Waals surface area contributed by atoms with Crippen LogP contribution < -0.4 is 15.2 Å². The fourth-order valence-corrected chi connectivity index (χ4v) is 3.00. The van der Waals surface area contributed by atoms with E-state index in [-0.39, 0.29) is 12.4 Å². The van der Waals surface area contributed by atoms with Crippen molar-refractivity contribution in [3.8, 4) is 5.75 Å². The Morgan fingerprint density at radius 1 is 1.11 bits per heavy atom. The minimum absolute atomic E-state index is 0.0105. The van der Waals surface area contributed by atoms with Crippen LogP contribution in [0.3, 0.4) is 0 Å². The monoisotopic (exact) mass is 501 g/mol. The van der Waals surface area contributed by atoms with Gasteiger partial charge in [0.15, 0.2) is 5.78 Å². The third-order valence-electron chi connectivity index (χ3n) is 4.78. The summed E-state index contributed by atoms with van der Waals surface area (Å²) in [4.78, 5) is 30.6. The molecule has 9 heteroatoms. The summed E-state index contributed by atoms with van der Waals surface area (Å²) in [6.45, 7) is 6.36. The molecule has 4 N–H and O–H groups in total. The van der Waals surface area contributed by atoms with Gasteiger partial charge in [-0.05, 0) is 43.2 Å². The zero-order chi connectivity index (χ0) is 26.8. The van der Waals surface area contributed by atoms with Crippen LogP contribution >= 0.6 is 0 Å². The van der Waals surface area contributed by atoms with Crippen molar-refractivity contribution in [2.45, 2.75) is 39.4 Å². The molecular weight excluding hydrogens is 466 g/mol. The molecule has 36 heavy (non-hydrogen) atoms. The maximum absolute atomic E-state index is 11.6. The average Bonchev–Trinajstić information content (AvgIpc) is 2.85. The second-order valence-corrected chi connectivity index (χ2v) is 7.94. The van der Waals surface area contributed by atoms with Gasteiger partial charge in [-0.25, -0.2) is 4.79 Å². The molecule has 0 bridgehead atoms. The van der Waals surface area contributed by atoms with Gasteiger partial charge in [0.2, 0.25) is 0 Å². The number of nitrogens with two attached hydrogens (primary N) is 1. The quantitative estimate of drug-likeness (QED) is 0.184. The number of rotatable bonds is 15. The number of Topliss-reactive ketones (excluding diaryl/α,β-unsaturated/α-hetero) is 1. The molecule has 1 unspecified atom stereocenters. The predicted octanol–water partition coefficient (Wildman–Crippen LogP) is 0.739. The Bertz CT molecular complexity index is 959. The number of quaternary nitrogens is 1. The number of ketones is 1. The number of aliphatic carboxylic acids is 2. The van der Waals surface area contributed by atoms with Crippen molar-refractivity contribution in [2.24, 2.45) is 0 Å². The first-order valence-corrected chi connectivity index (χ1v) is 11.7. The molecule has 9 nitrogen and oxygen atoms in total. The van der Waals surface area contributed by atoms with Crippen molar-refractivity contribution in [3.63, 3.8) is 0 Å². The van der Waals surface area contributed by atoms with Gasteiger partial charge in [-0.15, -0.1) is 0 Å². The van der Waals surface area contributed by atoms with Crippen LogP contribution in [0.5, 0.6) is 5.75 Å². The second kappa shape index (κ2) is 17.8. The molecule has 2 rings (SSSR count). The van der Waals surface area contributed by atoms with Crippen LogP contribution in [0.15, 0.2) is 60.7 Å². The van der Waals surface area contributed by atoms with Gasteiger partial charge >= 0.3 is 5.97 Å². The van der Waals surface area contributed by atoms with Gasteiger partial charge in [0.05, 0.1) is 19.1 Å². The number of ether oxygens (including phenoxy) is 2. The fraction of sp³-hybridized carbons (Fsp3) is 0.370. The molecule has 0 heterocycles. The molecule has 0 saturated heterocycles. The lowest BCUT2D eigenvalue weighted by molar-refractivity contribution is -0.660. The molecule has 0 fully saturated rings. The van der Waals surface area contributed by atoms with Crippen LogP contribution in [0, 0.1) is 0 Å². The highest BCUT2D eigenvalue weighted by molar-refractivity contribution is 5.94. The summed E-state index contributed by atoms with van der Waals surface area (Å²) in [6.07, 6.45) is 2.28. The average molecular weight is 502 g/mol. The van der Waals surface area contributed by atoms with E-state index in [9.17, 15) is 24.6 Å². The number of benzene rings is 2. The highest BCUT2D eigenvalue weighted by Gasteiger charge is 2.12. The molecule has 2 aromatic carbocycles. The lowest BCUT2D eigenvalue weighted by atomic mass is 10.1. The van der Waals surface area contributed by atoms with E-state index in [1.165, 1.54) is 5.56 Å². The normalized spacial score (nSPS) is 11.4. The predicted molar refractivity (Wildman–Crippen MR) is 131 cm³/mol. The summed E-state index contributed by atoms with van der Waals surface area (Å²) < 4.78 is 11.4. The first-order chi connectivity index (χ1) is 17.2. The Morgan fingerprint density at radius 2 is 1.83 bits per heavy atom. The molecule has 0 radical (unpaired) electrons. The molecule has 0 aromatic heterocycles. The number of carboxylic acid groups (broad SMARTS) is 2. The van der Waals surface area contributed by atoms with E-state index in [4.69, 9.17) is 14.6 Å². The maximum Gasteiger partial charge on any atom is 0.328 e. The third kappa shape index (κ3) is 14.0. The van der Waals surface area contributed by atoms with E-state index in [0.717, 1.165) is 24.9 Å². The van der Waals surface area contributed by atoms with Crippen molar-refractivity contribution in [1.29, 1.82) is 0 Å². The van der Waals surface area contributed by atoms with Crippen molar-refractivity contribution in [3.05, 3.63) is 77.4 Å². The minimum Gasteiger partial charge on any atom is -0.545 e. The Labute approximate surface area is 211 Å². The van der Waals surface area contributed by atoms with Gasteiger partial charge < -0.3 is 34.9 Å². The van der Waals surface area contributed by atoms with E-state index in [0.29, 0.717) is 43.2 Å². The Kier molecular flexibility index (Phi) is 15.1. The topological polar surface area (TPSA) is 150 Å². The minimum atomic E-state index is -1.51. The largest absolute Gasteiger partial charge is 0.545 e. The second-order valence-electron chi connectivity index (χ2n) is 7.94.